The Hall–Kier alpha value is -2.79. The minimum Gasteiger partial charge on any atom is -0.463 e. The number of amides is 1. The van der Waals surface area contributed by atoms with Gasteiger partial charge in [-0.05, 0) is 48.4 Å². The Morgan fingerprint density at radius 1 is 0.960 bits per heavy atom. The maximum Gasteiger partial charge on any atom is 0.279 e. The monoisotopic (exact) mass is 339 g/mol. The first-order valence-electron chi connectivity index (χ1n) is 8.50. The predicted molar refractivity (Wildman–Crippen MR) is 95.1 cm³/mol. The van der Waals surface area contributed by atoms with Gasteiger partial charge in [0, 0.05) is 5.69 Å². The number of nitrogens with one attached hydrogen (secondary N) is 2. The summed E-state index contributed by atoms with van der Waals surface area (Å²) in [5.74, 6) is 1.67. The number of rotatable bonds is 8. The first-order valence-corrected chi connectivity index (χ1v) is 8.50. The number of quaternary nitrogens is 1. The van der Waals surface area contributed by atoms with E-state index in [1.807, 2.05) is 48.5 Å². The van der Waals surface area contributed by atoms with Gasteiger partial charge in [-0.15, -0.1) is 0 Å². The van der Waals surface area contributed by atoms with Crippen LogP contribution in [0.1, 0.15) is 24.0 Å². The first kappa shape index (κ1) is 17.0. The molecule has 2 aromatic heterocycles. The van der Waals surface area contributed by atoms with Crippen LogP contribution in [-0.2, 0) is 24.3 Å². The average Bonchev–Trinajstić information content (AvgIpc) is 3.29. The molecule has 0 saturated heterocycles. The largest absolute Gasteiger partial charge is 0.463 e. The zero-order valence-electron chi connectivity index (χ0n) is 14.3. The van der Waals surface area contributed by atoms with Crippen molar-refractivity contribution in [2.24, 2.45) is 0 Å². The van der Waals surface area contributed by atoms with E-state index in [9.17, 15) is 4.79 Å². The third-order valence-electron chi connectivity index (χ3n) is 4.07. The molecule has 0 aliphatic rings. The summed E-state index contributed by atoms with van der Waals surface area (Å²) >= 11 is 0. The van der Waals surface area contributed by atoms with Crippen LogP contribution in [0.25, 0.3) is 0 Å². The fourth-order valence-electron chi connectivity index (χ4n) is 2.76. The highest BCUT2D eigenvalue weighted by molar-refractivity contribution is 5.91. The van der Waals surface area contributed by atoms with Gasteiger partial charge in [-0.1, -0.05) is 19.1 Å². The second-order valence-corrected chi connectivity index (χ2v) is 6.04. The van der Waals surface area contributed by atoms with Crippen molar-refractivity contribution in [1.82, 2.24) is 0 Å². The Morgan fingerprint density at radius 3 is 2.04 bits per heavy atom. The van der Waals surface area contributed by atoms with Crippen LogP contribution in [0.2, 0.25) is 0 Å². The van der Waals surface area contributed by atoms with Crippen LogP contribution in [0, 0.1) is 0 Å². The highest BCUT2D eigenvalue weighted by atomic mass is 16.3. The molecule has 25 heavy (non-hydrogen) atoms. The van der Waals surface area contributed by atoms with Crippen molar-refractivity contribution in [3.8, 4) is 0 Å². The fraction of sp³-hybridized carbons (Fsp3) is 0.250. The molecular weight excluding hydrogens is 316 g/mol. The molecule has 1 aromatic carbocycles. The van der Waals surface area contributed by atoms with Gasteiger partial charge in [-0.2, -0.15) is 0 Å². The SMILES string of the molecule is CCc1ccc(NC(=O)C[NH+](Cc2ccco2)Cc2ccco2)cc1. The summed E-state index contributed by atoms with van der Waals surface area (Å²) in [6.07, 6.45) is 4.28. The molecule has 3 rings (SSSR count). The van der Waals surface area contributed by atoms with Gasteiger partial charge in [0.1, 0.15) is 13.1 Å². The van der Waals surface area contributed by atoms with E-state index in [4.69, 9.17) is 8.83 Å². The second kappa shape index (κ2) is 8.35. The second-order valence-electron chi connectivity index (χ2n) is 6.04. The van der Waals surface area contributed by atoms with Crippen molar-refractivity contribution >= 4 is 11.6 Å². The third-order valence-corrected chi connectivity index (χ3v) is 4.07. The number of anilines is 1. The topological polar surface area (TPSA) is 59.8 Å². The number of hydrogen-bond donors (Lipinski definition) is 2. The number of carbonyl (C=O) groups excluding carboxylic acids is 1. The van der Waals surface area contributed by atoms with E-state index in [1.54, 1.807) is 12.5 Å². The number of furan rings is 2. The van der Waals surface area contributed by atoms with Gasteiger partial charge >= 0.3 is 0 Å². The van der Waals surface area contributed by atoms with Crippen molar-refractivity contribution in [3.63, 3.8) is 0 Å². The van der Waals surface area contributed by atoms with Crippen molar-refractivity contribution < 1.29 is 18.5 Å². The molecule has 5 nitrogen and oxygen atoms in total. The molecule has 0 bridgehead atoms. The van der Waals surface area contributed by atoms with E-state index in [2.05, 4.69) is 12.2 Å². The summed E-state index contributed by atoms with van der Waals surface area (Å²) in [6, 6.07) is 15.5. The highest BCUT2D eigenvalue weighted by Crippen LogP contribution is 2.09. The average molecular weight is 339 g/mol. The van der Waals surface area contributed by atoms with Gasteiger partial charge in [0.05, 0.1) is 12.5 Å². The molecule has 0 aliphatic heterocycles. The molecule has 0 atom stereocenters. The minimum atomic E-state index is -0.0302. The fourth-order valence-corrected chi connectivity index (χ4v) is 2.76. The number of aryl methyl sites for hydroxylation is 1. The Morgan fingerprint density at radius 2 is 1.56 bits per heavy atom. The summed E-state index contributed by atoms with van der Waals surface area (Å²) < 4.78 is 10.9. The van der Waals surface area contributed by atoms with E-state index in [-0.39, 0.29) is 5.91 Å². The maximum atomic E-state index is 12.4. The van der Waals surface area contributed by atoms with Crippen molar-refractivity contribution in [1.29, 1.82) is 0 Å². The molecule has 0 aliphatic carbocycles. The molecule has 0 spiro atoms. The Balaban J connectivity index is 1.62. The first-order chi connectivity index (χ1) is 12.2. The lowest BCUT2D eigenvalue weighted by Gasteiger charge is -2.17. The minimum absolute atomic E-state index is 0.0302. The highest BCUT2D eigenvalue weighted by Gasteiger charge is 2.18. The summed E-state index contributed by atoms with van der Waals surface area (Å²) in [5.41, 5.74) is 2.07. The van der Waals surface area contributed by atoms with Crippen molar-refractivity contribution in [2.75, 3.05) is 11.9 Å². The summed E-state index contributed by atoms with van der Waals surface area (Å²) in [5, 5.41) is 2.96. The van der Waals surface area contributed by atoms with Crippen LogP contribution < -0.4 is 10.2 Å². The number of hydrogen-bond acceptors (Lipinski definition) is 3. The third kappa shape index (κ3) is 5.09. The molecule has 3 aromatic rings. The molecule has 2 N–H and O–H groups in total. The lowest BCUT2D eigenvalue weighted by Crippen LogP contribution is -3.10. The lowest BCUT2D eigenvalue weighted by atomic mass is 10.1. The molecule has 0 fully saturated rings. The van der Waals surface area contributed by atoms with Crippen LogP contribution in [0.3, 0.4) is 0 Å². The Labute approximate surface area is 147 Å². The summed E-state index contributed by atoms with van der Waals surface area (Å²) in [4.78, 5) is 13.5. The summed E-state index contributed by atoms with van der Waals surface area (Å²) in [6.45, 7) is 3.68. The smallest absolute Gasteiger partial charge is 0.279 e. The summed E-state index contributed by atoms with van der Waals surface area (Å²) in [7, 11) is 0. The van der Waals surface area contributed by atoms with E-state index < -0.39 is 0 Å². The van der Waals surface area contributed by atoms with Crippen LogP contribution in [0.4, 0.5) is 5.69 Å². The predicted octanol–water partition coefficient (Wildman–Crippen LogP) is 2.66. The standard InChI is InChI=1S/C20H22N2O3/c1-2-16-7-9-17(10-8-16)21-20(23)15-22(13-18-5-3-11-24-18)14-19-6-4-12-25-19/h3-12H,2,13-15H2,1H3,(H,21,23)/p+1. The lowest BCUT2D eigenvalue weighted by molar-refractivity contribution is -0.921. The molecule has 2 heterocycles. The van der Waals surface area contributed by atoms with Gasteiger partial charge in [0.25, 0.3) is 5.91 Å². The Kier molecular flexibility index (Phi) is 5.69. The molecule has 0 unspecified atom stereocenters. The van der Waals surface area contributed by atoms with Gasteiger partial charge in [0.2, 0.25) is 0 Å². The van der Waals surface area contributed by atoms with E-state index in [0.717, 1.165) is 28.5 Å². The number of carbonyl (C=O) groups is 1. The van der Waals surface area contributed by atoms with Gasteiger partial charge in [-0.25, -0.2) is 0 Å². The van der Waals surface area contributed by atoms with Crippen LogP contribution >= 0.6 is 0 Å². The normalized spacial score (nSPS) is 11.0. The van der Waals surface area contributed by atoms with Gasteiger partial charge in [-0.3, -0.25) is 4.79 Å². The van der Waals surface area contributed by atoms with E-state index >= 15 is 0 Å². The quantitative estimate of drug-likeness (QED) is 0.663. The Bertz CT molecular complexity index is 726. The van der Waals surface area contributed by atoms with Crippen molar-refractivity contribution in [3.05, 3.63) is 78.1 Å². The maximum absolute atomic E-state index is 12.4. The van der Waals surface area contributed by atoms with E-state index in [1.165, 1.54) is 5.56 Å². The zero-order valence-corrected chi connectivity index (χ0v) is 14.3. The molecule has 1 amide bonds. The number of benzene rings is 1. The molecule has 5 heteroatoms. The van der Waals surface area contributed by atoms with Crippen LogP contribution in [0.5, 0.6) is 0 Å². The van der Waals surface area contributed by atoms with Gasteiger partial charge in [0.15, 0.2) is 18.1 Å². The zero-order chi connectivity index (χ0) is 17.5. The van der Waals surface area contributed by atoms with Crippen LogP contribution in [-0.4, -0.2) is 12.5 Å². The van der Waals surface area contributed by atoms with Crippen LogP contribution in [0.15, 0.2) is 69.9 Å². The van der Waals surface area contributed by atoms with E-state index in [0.29, 0.717) is 19.6 Å². The van der Waals surface area contributed by atoms with Gasteiger partial charge < -0.3 is 19.1 Å². The molecule has 0 radical (unpaired) electrons. The molecule has 0 saturated carbocycles. The molecule has 130 valence electrons. The molecular formula is C20H23N2O3+. The van der Waals surface area contributed by atoms with Crippen molar-refractivity contribution in [2.45, 2.75) is 26.4 Å².